The highest BCUT2D eigenvalue weighted by atomic mass is 32.2. The van der Waals surface area contributed by atoms with Gasteiger partial charge in [-0.05, 0) is 55.5 Å². The van der Waals surface area contributed by atoms with Crippen LogP contribution in [0.3, 0.4) is 0 Å². The number of primary sulfonamides is 1. The third-order valence-corrected chi connectivity index (χ3v) is 4.00. The van der Waals surface area contributed by atoms with Crippen LogP contribution >= 0.6 is 0 Å². The maximum atomic E-state index is 12.8. The number of nitrogens with one attached hydrogen (secondary N) is 2. The second kappa shape index (κ2) is 6.76. The van der Waals surface area contributed by atoms with E-state index in [0.29, 0.717) is 11.4 Å². The van der Waals surface area contributed by atoms with Crippen LogP contribution in [0.1, 0.15) is 6.92 Å². The summed E-state index contributed by atoms with van der Waals surface area (Å²) in [4.78, 5) is 12.0. The van der Waals surface area contributed by atoms with Crippen molar-refractivity contribution >= 4 is 27.3 Å². The van der Waals surface area contributed by atoms with Crippen LogP contribution in [0.4, 0.5) is 15.8 Å². The lowest BCUT2D eigenvalue weighted by molar-refractivity contribution is -0.116. The first kappa shape index (κ1) is 16.9. The Bertz CT molecular complexity index is 790. The molecule has 1 amide bonds. The lowest BCUT2D eigenvalue weighted by Crippen LogP contribution is -2.31. The minimum absolute atomic E-state index is 0.0343. The van der Waals surface area contributed by atoms with Crippen molar-refractivity contribution < 1.29 is 17.6 Å². The Labute approximate surface area is 133 Å². The van der Waals surface area contributed by atoms with Gasteiger partial charge in [-0.15, -0.1) is 0 Å². The smallest absolute Gasteiger partial charge is 0.246 e. The molecule has 0 saturated heterocycles. The highest BCUT2D eigenvalue weighted by Gasteiger charge is 2.13. The van der Waals surface area contributed by atoms with Gasteiger partial charge in [0, 0.05) is 11.4 Å². The number of carbonyl (C=O) groups excluding carboxylic acids is 1. The molecule has 4 N–H and O–H groups in total. The molecule has 2 rings (SSSR count). The van der Waals surface area contributed by atoms with E-state index in [4.69, 9.17) is 5.14 Å². The van der Waals surface area contributed by atoms with E-state index in [1.807, 2.05) is 0 Å². The van der Waals surface area contributed by atoms with Crippen molar-refractivity contribution in [3.05, 3.63) is 54.3 Å². The number of nitrogens with two attached hydrogens (primary N) is 1. The first-order valence-electron chi connectivity index (χ1n) is 6.71. The predicted octanol–water partition coefficient (Wildman–Crippen LogP) is 1.91. The lowest BCUT2D eigenvalue weighted by Gasteiger charge is -2.15. The standard InChI is InChI=1S/C15H16FN3O3S/c1-10(18-12-4-2-11(16)3-5-12)15(20)19-13-6-8-14(9-7-13)23(17,21)22/h2-10,18H,1H3,(H,19,20)(H2,17,21,22)/t10-/m1/s1. The molecule has 6 nitrogen and oxygen atoms in total. The van der Waals surface area contributed by atoms with Gasteiger partial charge >= 0.3 is 0 Å². The van der Waals surface area contributed by atoms with Gasteiger partial charge < -0.3 is 10.6 Å². The van der Waals surface area contributed by atoms with E-state index >= 15 is 0 Å². The first-order chi connectivity index (χ1) is 10.8. The molecule has 0 radical (unpaired) electrons. The van der Waals surface area contributed by atoms with Gasteiger partial charge in [0.15, 0.2) is 0 Å². The molecule has 0 aliphatic rings. The zero-order valence-corrected chi connectivity index (χ0v) is 13.1. The third kappa shape index (κ3) is 4.76. The van der Waals surface area contributed by atoms with Gasteiger partial charge in [0.2, 0.25) is 15.9 Å². The maximum absolute atomic E-state index is 12.8. The Morgan fingerprint density at radius 2 is 1.57 bits per heavy atom. The van der Waals surface area contributed by atoms with Crippen molar-refractivity contribution in [2.24, 2.45) is 5.14 Å². The average molecular weight is 337 g/mol. The van der Waals surface area contributed by atoms with Crippen LogP contribution in [0, 0.1) is 5.82 Å². The number of halogens is 1. The number of hydrogen-bond donors (Lipinski definition) is 3. The predicted molar refractivity (Wildman–Crippen MR) is 85.9 cm³/mol. The molecule has 23 heavy (non-hydrogen) atoms. The molecule has 0 aliphatic heterocycles. The van der Waals surface area contributed by atoms with Gasteiger partial charge in [-0.2, -0.15) is 0 Å². The Kier molecular flexibility index (Phi) is 4.97. The third-order valence-electron chi connectivity index (χ3n) is 3.07. The molecular formula is C15H16FN3O3S. The summed E-state index contributed by atoms with van der Waals surface area (Å²) in [6.45, 7) is 1.65. The molecule has 0 heterocycles. The molecule has 2 aromatic rings. The molecule has 8 heteroatoms. The average Bonchev–Trinajstić information content (AvgIpc) is 2.49. The number of hydrogen-bond acceptors (Lipinski definition) is 4. The molecule has 1 atom stereocenters. The molecule has 2 aromatic carbocycles. The topological polar surface area (TPSA) is 101 Å². The van der Waals surface area contributed by atoms with Crippen molar-refractivity contribution in [2.75, 3.05) is 10.6 Å². The quantitative estimate of drug-likeness (QED) is 0.776. The zero-order chi connectivity index (χ0) is 17.0. The second-order valence-electron chi connectivity index (χ2n) is 4.93. The van der Waals surface area contributed by atoms with Crippen molar-refractivity contribution in [3.63, 3.8) is 0 Å². The van der Waals surface area contributed by atoms with Gasteiger partial charge in [-0.3, -0.25) is 4.79 Å². The molecule has 0 spiro atoms. The van der Waals surface area contributed by atoms with Crippen molar-refractivity contribution in [1.29, 1.82) is 0 Å². The fourth-order valence-corrected chi connectivity index (χ4v) is 2.36. The molecule has 0 saturated carbocycles. The van der Waals surface area contributed by atoms with Crippen LogP contribution in [0.2, 0.25) is 0 Å². The molecule has 0 fully saturated rings. The fourth-order valence-electron chi connectivity index (χ4n) is 1.84. The Morgan fingerprint density at radius 3 is 2.09 bits per heavy atom. The van der Waals surface area contributed by atoms with Crippen LogP contribution in [-0.4, -0.2) is 20.4 Å². The van der Waals surface area contributed by atoms with Gasteiger partial charge in [-0.25, -0.2) is 17.9 Å². The molecular weight excluding hydrogens is 321 g/mol. The van der Waals surface area contributed by atoms with Gasteiger partial charge in [0.25, 0.3) is 0 Å². The molecule has 122 valence electrons. The summed E-state index contributed by atoms with van der Waals surface area (Å²) in [6, 6.07) is 10.6. The molecule has 0 aliphatic carbocycles. The minimum atomic E-state index is -3.76. The van der Waals surface area contributed by atoms with E-state index in [-0.39, 0.29) is 16.6 Å². The summed E-state index contributed by atoms with van der Waals surface area (Å²) in [5, 5.41) is 10.6. The SMILES string of the molecule is C[C@@H](Nc1ccc(F)cc1)C(=O)Nc1ccc(S(N)(=O)=O)cc1. The van der Waals surface area contributed by atoms with Crippen molar-refractivity contribution in [2.45, 2.75) is 17.9 Å². The molecule has 0 aromatic heterocycles. The lowest BCUT2D eigenvalue weighted by atomic mass is 10.2. The van der Waals surface area contributed by atoms with Crippen LogP contribution in [0.5, 0.6) is 0 Å². The molecule has 0 bridgehead atoms. The van der Waals surface area contributed by atoms with E-state index in [0.717, 1.165) is 0 Å². The zero-order valence-electron chi connectivity index (χ0n) is 12.3. The number of amides is 1. The van der Waals surface area contributed by atoms with Crippen molar-refractivity contribution in [3.8, 4) is 0 Å². The largest absolute Gasteiger partial charge is 0.374 e. The fraction of sp³-hybridized carbons (Fsp3) is 0.133. The Hall–Kier alpha value is -2.45. The van der Waals surface area contributed by atoms with Crippen LogP contribution in [0.25, 0.3) is 0 Å². The van der Waals surface area contributed by atoms with Crippen LogP contribution < -0.4 is 15.8 Å². The number of carbonyl (C=O) groups is 1. The van der Waals surface area contributed by atoms with Crippen LogP contribution in [-0.2, 0) is 14.8 Å². The highest BCUT2D eigenvalue weighted by molar-refractivity contribution is 7.89. The Balaban J connectivity index is 1.99. The summed E-state index contributed by atoms with van der Waals surface area (Å²) in [5.74, 6) is -0.680. The van der Waals surface area contributed by atoms with E-state index in [2.05, 4.69) is 10.6 Å². The summed E-state index contributed by atoms with van der Waals surface area (Å²) >= 11 is 0. The van der Waals surface area contributed by atoms with E-state index in [1.54, 1.807) is 6.92 Å². The van der Waals surface area contributed by atoms with Crippen LogP contribution in [0.15, 0.2) is 53.4 Å². The summed E-state index contributed by atoms with van der Waals surface area (Å²) < 4.78 is 35.1. The highest BCUT2D eigenvalue weighted by Crippen LogP contribution is 2.14. The maximum Gasteiger partial charge on any atom is 0.246 e. The van der Waals surface area contributed by atoms with E-state index < -0.39 is 16.1 Å². The summed E-state index contributed by atoms with van der Waals surface area (Å²) in [5.41, 5.74) is 1.05. The summed E-state index contributed by atoms with van der Waals surface area (Å²) in [6.07, 6.45) is 0. The first-order valence-corrected chi connectivity index (χ1v) is 8.26. The molecule has 0 unspecified atom stereocenters. The number of anilines is 2. The number of sulfonamides is 1. The number of rotatable bonds is 5. The van der Waals surface area contributed by atoms with E-state index in [9.17, 15) is 17.6 Å². The van der Waals surface area contributed by atoms with Gasteiger partial charge in [-0.1, -0.05) is 0 Å². The Morgan fingerprint density at radius 1 is 1.04 bits per heavy atom. The van der Waals surface area contributed by atoms with Gasteiger partial charge in [0.05, 0.1) is 4.90 Å². The summed E-state index contributed by atoms with van der Waals surface area (Å²) in [7, 11) is -3.76. The normalized spacial score (nSPS) is 12.5. The van der Waals surface area contributed by atoms with Gasteiger partial charge in [0.1, 0.15) is 11.9 Å². The number of benzene rings is 2. The van der Waals surface area contributed by atoms with E-state index in [1.165, 1.54) is 48.5 Å². The minimum Gasteiger partial charge on any atom is -0.374 e. The second-order valence-corrected chi connectivity index (χ2v) is 6.49. The monoisotopic (exact) mass is 337 g/mol. The van der Waals surface area contributed by atoms with Crippen molar-refractivity contribution in [1.82, 2.24) is 0 Å².